The minimum Gasteiger partial charge on any atom is -0.396 e. The van der Waals surface area contributed by atoms with Gasteiger partial charge in [-0.2, -0.15) is 0 Å². The van der Waals surface area contributed by atoms with Gasteiger partial charge < -0.3 is 5.11 Å². The molecule has 0 bridgehead atoms. The zero-order valence-corrected chi connectivity index (χ0v) is 12.7. The molecule has 0 saturated carbocycles. The SMILES string of the molecule is CC(C)=C[SiH2]CCCCCCCCCCO. The van der Waals surface area contributed by atoms with Gasteiger partial charge in [0.15, 0.2) is 0 Å². The molecule has 1 nitrogen and oxygen atoms in total. The van der Waals surface area contributed by atoms with Gasteiger partial charge in [-0.15, -0.1) is 5.70 Å². The second kappa shape index (κ2) is 13.0. The van der Waals surface area contributed by atoms with Crippen LogP contribution >= 0.6 is 0 Å². The van der Waals surface area contributed by atoms with E-state index in [2.05, 4.69) is 19.5 Å². The van der Waals surface area contributed by atoms with Crippen molar-refractivity contribution in [3.63, 3.8) is 0 Å². The summed E-state index contributed by atoms with van der Waals surface area (Å²) < 4.78 is 0. The number of rotatable bonds is 11. The van der Waals surface area contributed by atoms with E-state index >= 15 is 0 Å². The molecule has 0 unspecified atom stereocenters. The molecule has 0 spiro atoms. The Kier molecular flexibility index (Phi) is 12.9. The van der Waals surface area contributed by atoms with Crippen molar-refractivity contribution in [1.29, 1.82) is 0 Å². The molecule has 0 aromatic rings. The first-order valence-electron chi connectivity index (χ1n) is 7.01. The molecule has 0 fully saturated rings. The van der Waals surface area contributed by atoms with Crippen LogP contribution in [0.1, 0.15) is 65.2 Å². The van der Waals surface area contributed by atoms with Gasteiger partial charge in [0, 0.05) is 16.1 Å². The number of hydrogen-bond donors (Lipinski definition) is 1. The van der Waals surface area contributed by atoms with Crippen molar-refractivity contribution in [1.82, 2.24) is 0 Å². The van der Waals surface area contributed by atoms with Gasteiger partial charge in [-0.25, -0.2) is 0 Å². The van der Waals surface area contributed by atoms with Crippen molar-refractivity contribution in [3.8, 4) is 0 Å². The zero-order valence-electron chi connectivity index (χ0n) is 11.3. The average Bonchev–Trinajstić information content (AvgIpc) is 2.25. The Labute approximate surface area is 104 Å². The lowest BCUT2D eigenvalue weighted by atomic mass is 10.1. The van der Waals surface area contributed by atoms with E-state index in [0.717, 1.165) is 6.42 Å². The van der Waals surface area contributed by atoms with Crippen molar-refractivity contribution >= 4 is 9.52 Å². The van der Waals surface area contributed by atoms with Crippen molar-refractivity contribution in [2.75, 3.05) is 6.61 Å². The van der Waals surface area contributed by atoms with Crippen LogP contribution in [0.2, 0.25) is 6.04 Å². The van der Waals surface area contributed by atoms with Gasteiger partial charge in [0.05, 0.1) is 0 Å². The van der Waals surface area contributed by atoms with Gasteiger partial charge in [0.1, 0.15) is 0 Å². The molecular weight excluding hydrogens is 212 g/mol. The average molecular weight is 242 g/mol. The fourth-order valence-electron chi connectivity index (χ4n) is 1.88. The Morgan fingerprint density at radius 1 is 0.875 bits per heavy atom. The number of allylic oxidation sites excluding steroid dienone is 1. The molecule has 96 valence electrons. The molecule has 0 aliphatic carbocycles. The Morgan fingerprint density at radius 2 is 1.38 bits per heavy atom. The Bertz CT molecular complexity index is 162. The van der Waals surface area contributed by atoms with Crippen LogP contribution in [0.3, 0.4) is 0 Å². The molecule has 0 heterocycles. The molecule has 0 aliphatic rings. The predicted molar refractivity (Wildman–Crippen MR) is 76.8 cm³/mol. The largest absolute Gasteiger partial charge is 0.396 e. The maximum absolute atomic E-state index is 8.63. The highest BCUT2D eigenvalue weighted by molar-refractivity contribution is 6.42. The lowest BCUT2D eigenvalue weighted by Crippen LogP contribution is -1.87. The summed E-state index contributed by atoms with van der Waals surface area (Å²) in [5.41, 5.74) is 3.99. The highest BCUT2D eigenvalue weighted by Crippen LogP contribution is 2.09. The summed E-state index contributed by atoms with van der Waals surface area (Å²) in [5, 5.41) is 8.63. The Balaban J connectivity index is 2.96. The van der Waals surface area contributed by atoms with Gasteiger partial charge >= 0.3 is 0 Å². The molecule has 0 rings (SSSR count). The summed E-state index contributed by atoms with van der Waals surface area (Å²) in [4.78, 5) is 0. The smallest absolute Gasteiger partial charge is 0.0453 e. The number of unbranched alkanes of at least 4 members (excludes halogenated alkanes) is 7. The third-order valence-corrected chi connectivity index (χ3v) is 4.93. The first-order chi connectivity index (χ1) is 7.77. The van der Waals surface area contributed by atoms with Crippen LogP contribution in [0, 0.1) is 0 Å². The van der Waals surface area contributed by atoms with E-state index in [1.54, 1.807) is 0 Å². The molecule has 0 atom stereocenters. The minimum absolute atomic E-state index is 0.123. The zero-order chi connectivity index (χ0) is 12.1. The van der Waals surface area contributed by atoms with Crippen LogP contribution < -0.4 is 0 Å². The number of hydrogen-bond acceptors (Lipinski definition) is 1. The van der Waals surface area contributed by atoms with Crippen LogP contribution in [-0.2, 0) is 0 Å². The van der Waals surface area contributed by atoms with Crippen LogP contribution in [0.15, 0.2) is 11.3 Å². The lowest BCUT2D eigenvalue weighted by Gasteiger charge is -2.01. The molecule has 2 heteroatoms. The molecule has 0 aromatic carbocycles. The van der Waals surface area contributed by atoms with Crippen LogP contribution in [0.5, 0.6) is 0 Å². The second-order valence-electron chi connectivity index (χ2n) is 4.98. The maximum Gasteiger partial charge on any atom is 0.0453 e. The highest BCUT2D eigenvalue weighted by Gasteiger charge is 1.92. The molecule has 16 heavy (non-hydrogen) atoms. The third-order valence-electron chi connectivity index (χ3n) is 2.91. The molecule has 0 aromatic heterocycles. The van der Waals surface area contributed by atoms with E-state index in [-0.39, 0.29) is 9.52 Å². The quantitative estimate of drug-likeness (QED) is 0.433. The molecular formula is C14H30OSi. The van der Waals surface area contributed by atoms with E-state index in [1.165, 1.54) is 56.6 Å². The maximum atomic E-state index is 8.63. The fourth-order valence-corrected chi connectivity index (χ4v) is 3.31. The molecule has 0 radical (unpaired) electrons. The van der Waals surface area contributed by atoms with Gasteiger partial charge in [-0.1, -0.05) is 56.6 Å². The molecule has 0 amide bonds. The van der Waals surface area contributed by atoms with Crippen molar-refractivity contribution in [2.24, 2.45) is 0 Å². The number of aliphatic hydroxyl groups is 1. The van der Waals surface area contributed by atoms with Crippen molar-refractivity contribution in [3.05, 3.63) is 11.3 Å². The Hall–Kier alpha value is -0.0831. The van der Waals surface area contributed by atoms with E-state index in [4.69, 9.17) is 5.11 Å². The lowest BCUT2D eigenvalue weighted by molar-refractivity contribution is 0.282. The summed E-state index contributed by atoms with van der Waals surface area (Å²) in [7, 11) is 0.123. The van der Waals surface area contributed by atoms with E-state index in [1.807, 2.05) is 0 Å². The minimum atomic E-state index is 0.123. The predicted octanol–water partition coefficient (Wildman–Crippen LogP) is 3.61. The van der Waals surface area contributed by atoms with Crippen molar-refractivity contribution < 1.29 is 5.11 Å². The van der Waals surface area contributed by atoms with Crippen LogP contribution in [0.4, 0.5) is 0 Å². The molecule has 0 aliphatic heterocycles. The van der Waals surface area contributed by atoms with E-state index < -0.39 is 0 Å². The van der Waals surface area contributed by atoms with Crippen LogP contribution in [0.25, 0.3) is 0 Å². The Morgan fingerprint density at radius 3 is 1.88 bits per heavy atom. The summed E-state index contributed by atoms with van der Waals surface area (Å²) in [5.74, 6) is 0. The first-order valence-corrected chi connectivity index (χ1v) is 8.83. The topological polar surface area (TPSA) is 20.2 Å². The first kappa shape index (κ1) is 15.9. The number of aliphatic hydroxyl groups excluding tert-OH is 1. The van der Waals surface area contributed by atoms with E-state index in [9.17, 15) is 0 Å². The summed E-state index contributed by atoms with van der Waals surface area (Å²) >= 11 is 0. The van der Waals surface area contributed by atoms with Gasteiger partial charge in [-0.3, -0.25) is 0 Å². The normalized spacial score (nSPS) is 11.2. The fraction of sp³-hybridized carbons (Fsp3) is 0.857. The summed E-state index contributed by atoms with van der Waals surface area (Å²) in [6.45, 7) is 4.79. The highest BCUT2D eigenvalue weighted by atomic mass is 28.2. The van der Waals surface area contributed by atoms with Gasteiger partial charge in [0.25, 0.3) is 0 Å². The third kappa shape index (κ3) is 13.9. The van der Waals surface area contributed by atoms with Crippen LogP contribution in [-0.4, -0.2) is 21.2 Å². The van der Waals surface area contributed by atoms with E-state index in [0.29, 0.717) is 6.61 Å². The second-order valence-corrected chi connectivity index (χ2v) is 6.67. The van der Waals surface area contributed by atoms with Gasteiger partial charge in [-0.05, 0) is 20.3 Å². The van der Waals surface area contributed by atoms with Gasteiger partial charge in [0.2, 0.25) is 0 Å². The van der Waals surface area contributed by atoms with Crippen molar-refractivity contribution in [2.45, 2.75) is 71.3 Å². The summed E-state index contributed by atoms with van der Waals surface area (Å²) in [6.07, 6.45) is 10.6. The molecule has 1 N–H and O–H groups in total. The monoisotopic (exact) mass is 242 g/mol. The molecule has 0 saturated heterocycles. The standard InChI is InChI=1S/C14H30OSi/c1-14(2)13-16-12-10-8-6-4-3-5-7-9-11-15/h13,15H,3-12,16H2,1-2H3. The summed E-state index contributed by atoms with van der Waals surface area (Å²) in [6, 6.07) is 1.50.